The maximum absolute atomic E-state index is 12.7. The average Bonchev–Trinajstić information content (AvgIpc) is 3.14. The monoisotopic (exact) mass is 393 g/mol. The lowest BCUT2D eigenvalue weighted by atomic mass is 10.2. The van der Waals surface area contributed by atoms with Crippen LogP contribution in [0.3, 0.4) is 0 Å². The molecule has 2 heterocycles. The first-order chi connectivity index (χ1) is 14.1. The van der Waals surface area contributed by atoms with Crippen molar-refractivity contribution in [3.05, 3.63) is 71.3 Å². The lowest BCUT2D eigenvalue weighted by Crippen LogP contribution is -2.50. The molecule has 0 radical (unpaired) electrons. The molecule has 3 aromatic rings. The summed E-state index contributed by atoms with van der Waals surface area (Å²) >= 11 is 0. The summed E-state index contributed by atoms with van der Waals surface area (Å²) in [7, 11) is 1.59. The fourth-order valence-corrected chi connectivity index (χ4v) is 3.47. The van der Waals surface area contributed by atoms with E-state index in [-0.39, 0.29) is 12.5 Å². The van der Waals surface area contributed by atoms with Gasteiger partial charge in [-0.1, -0.05) is 18.2 Å². The molecule has 0 bridgehead atoms. The van der Waals surface area contributed by atoms with Gasteiger partial charge in [-0.15, -0.1) is 0 Å². The normalized spacial score (nSPS) is 14.1. The molecular formula is C22H23N3O4. The average molecular weight is 393 g/mol. The Morgan fingerprint density at radius 2 is 1.69 bits per heavy atom. The Morgan fingerprint density at radius 3 is 2.34 bits per heavy atom. The van der Waals surface area contributed by atoms with Gasteiger partial charge >= 0.3 is 5.76 Å². The number of rotatable bonds is 5. The van der Waals surface area contributed by atoms with Crippen molar-refractivity contribution in [2.24, 2.45) is 0 Å². The van der Waals surface area contributed by atoms with Crippen LogP contribution >= 0.6 is 0 Å². The van der Waals surface area contributed by atoms with Gasteiger partial charge in [0.15, 0.2) is 5.76 Å². The molecule has 7 heteroatoms. The van der Waals surface area contributed by atoms with Gasteiger partial charge in [-0.2, -0.15) is 0 Å². The molecule has 0 saturated carbocycles. The first kappa shape index (κ1) is 18.9. The second-order valence-electron chi connectivity index (χ2n) is 6.92. The molecule has 0 aliphatic carbocycles. The van der Waals surface area contributed by atoms with Gasteiger partial charge in [0.25, 0.3) is 0 Å². The molecule has 1 aromatic heterocycles. The molecule has 0 unspecified atom stereocenters. The van der Waals surface area contributed by atoms with Crippen molar-refractivity contribution in [2.75, 3.05) is 38.2 Å². The second-order valence-corrected chi connectivity index (χ2v) is 6.92. The Kier molecular flexibility index (Phi) is 5.37. The highest BCUT2D eigenvalue weighted by Crippen LogP contribution is 2.21. The van der Waals surface area contributed by atoms with Crippen LogP contribution in [0.1, 0.15) is 0 Å². The number of aromatic nitrogens is 1. The summed E-state index contributed by atoms with van der Waals surface area (Å²) in [6.45, 7) is 2.78. The Morgan fingerprint density at radius 1 is 1.00 bits per heavy atom. The van der Waals surface area contributed by atoms with Crippen LogP contribution in [0.4, 0.5) is 5.69 Å². The van der Waals surface area contributed by atoms with Crippen molar-refractivity contribution in [3.8, 4) is 17.1 Å². The molecule has 150 valence electrons. The first-order valence-electron chi connectivity index (χ1n) is 9.56. The molecule has 0 spiro atoms. The fraction of sp³-hybridized carbons (Fsp3) is 0.273. The number of anilines is 1. The number of hydrogen-bond acceptors (Lipinski definition) is 5. The van der Waals surface area contributed by atoms with E-state index >= 15 is 0 Å². The molecule has 1 aliphatic heterocycles. The number of amides is 1. The van der Waals surface area contributed by atoms with E-state index in [0.29, 0.717) is 18.8 Å². The predicted octanol–water partition coefficient (Wildman–Crippen LogP) is 2.47. The van der Waals surface area contributed by atoms with Crippen molar-refractivity contribution in [1.82, 2.24) is 9.47 Å². The van der Waals surface area contributed by atoms with Gasteiger partial charge in [-0.25, -0.2) is 4.79 Å². The number of ether oxygens (including phenoxy) is 1. The van der Waals surface area contributed by atoms with E-state index < -0.39 is 5.76 Å². The zero-order chi connectivity index (χ0) is 20.2. The Balaban J connectivity index is 1.39. The lowest BCUT2D eigenvalue weighted by molar-refractivity contribution is -0.132. The van der Waals surface area contributed by atoms with Crippen molar-refractivity contribution in [3.63, 3.8) is 0 Å². The Bertz CT molecular complexity index is 1020. The van der Waals surface area contributed by atoms with Crippen LogP contribution in [0.25, 0.3) is 11.3 Å². The topological polar surface area (TPSA) is 67.9 Å². The van der Waals surface area contributed by atoms with E-state index in [9.17, 15) is 9.59 Å². The van der Waals surface area contributed by atoms with E-state index in [1.54, 1.807) is 30.3 Å². The number of oxazole rings is 1. The minimum atomic E-state index is -0.535. The van der Waals surface area contributed by atoms with Crippen LogP contribution in [-0.4, -0.2) is 48.7 Å². The first-order valence-corrected chi connectivity index (χ1v) is 9.56. The third-order valence-corrected chi connectivity index (χ3v) is 5.14. The van der Waals surface area contributed by atoms with E-state index in [2.05, 4.69) is 17.0 Å². The highest BCUT2D eigenvalue weighted by atomic mass is 16.5. The Labute approximate surface area is 168 Å². The zero-order valence-electron chi connectivity index (χ0n) is 16.3. The van der Waals surface area contributed by atoms with Crippen molar-refractivity contribution in [1.29, 1.82) is 0 Å². The van der Waals surface area contributed by atoms with E-state index in [4.69, 9.17) is 9.15 Å². The number of benzene rings is 2. The molecule has 1 aliphatic rings. The molecule has 4 rings (SSSR count). The van der Waals surface area contributed by atoms with Crippen molar-refractivity contribution < 1.29 is 13.9 Å². The smallest absolute Gasteiger partial charge is 0.419 e. The van der Waals surface area contributed by atoms with Gasteiger partial charge in [-0.05, 0) is 36.4 Å². The zero-order valence-corrected chi connectivity index (χ0v) is 16.3. The second kappa shape index (κ2) is 8.26. The Hall–Kier alpha value is -3.48. The number of carbonyl (C=O) groups excluding carboxylic acids is 1. The van der Waals surface area contributed by atoms with Crippen LogP contribution < -0.4 is 15.4 Å². The summed E-state index contributed by atoms with van der Waals surface area (Å²) < 4.78 is 11.8. The minimum Gasteiger partial charge on any atom is -0.497 e. The van der Waals surface area contributed by atoms with Crippen LogP contribution in [0.15, 0.2) is 70.0 Å². The van der Waals surface area contributed by atoms with Crippen molar-refractivity contribution in [2.45, 2.75) is 6.54 Å². The number of methoxy groups -OCH3 is 1. The predicted molar refractivity (Wildman–Crippen MR) is 110 cm³/mol. The molecule has 0 N–H and O–H groups in total. The molecule has 2 aromatic carbocycles. The highest BCUT2D eigenvalue weighted by molar-refractivity contribution is 5.76. The van der Waals surface area contributed by atoms with E-state index in [0.717, 1.165) is 30.1 Å². The number of carbonyl (C=O) groups is 1. The van der Waals surface area contributed by atoms with Gasteiger partial charge < -0.3 is 19.0 Å². The molecule has 7 nitrogen and oxygen atoms in total. The quantitative estimate of drug-likeness (QED) is 0.666. The minimum absolute atomic E-state index is 0.0240. The highest BCUT2D eigenvalue weighted by Gasteiger charge is 2.22. The SMILES string of the molecule is COc1ccc(-c2cn(CC(=O)N3CCN(c4ccccc4)CC3)c(=O)o2)cc1. The summed E-state index contributed by atoms with van der Waals surface area (Å²) in [4.78, 5) is 28.9. The summed E-state index contributed by atoms with van der Waals surface area (Å²) in [5.74, 6) is 0.536. The molecular weight excluding hydrogens is 370 g/mol. The summed E-state index contributed by atoms with van der Waals surface area (Å²) in [6.07, 6.45) is 1.59. The number of piperazine rings is 1. The van der Waals surface area contributed by atoms with E-state index in [1.807, 2.05) is 30.3 Å². The summed E-state index contributed by atoms with van der Waals surface area (Å²) in [5.41, 5.74) is 1.92. The molecule has 1 amide bonds. The number of para-hydroxylation sites is 1. The van der Waals surface area contributed by atoms with Crippen LogP contribution in [0, 0.1) is 0 Å². The maximum Gasteiger partial charge on any atom is 0.419 e. The fourth-order valence-electron chi connectivity index (χ4n) is 3.47. The van der Waals surface area contributed by atoms with E-state index in [1.165, 1.54) is 4.57 Å². The van der Waals surface area contributed by atoms with Gasteiger partial charge in [-0.3, -0.25) is 9.36 Å². The third-order valence-electron chi connectivity index (χ3n) is 5.14. The van der Waals surface area contributed by atoms with Crippen LogP contribution in [0.2, 0.25) is 0 Å². The van der Waals surface area contributed by atoms with Gasteiger partial charge in [0.2, 0.25) is 5.91 Å². The van der Waals surface area contributed by atoms with Gasteiger partial charge in [0, 0.05) is 37.4 Å². The van der Waals surface area contributed by atoms with Crippen LogP contribution in [0.5, 0.6) is 5.75 Å². The number of hydrogen-bond donors (Lipinski definition) is 0. The standard InChI is InChI=1S/C22H23N3O4/c1-28-19-9-7-17(8-10-19)20-15-25(22(27)29-20)16-21(26)24-13-11-23(12-14-24)18-5-3-2-4-6-18/h2-10,15H,11-14,16H2,1H3. The summed E-state index contributed by atoms with van der Waals surface area (Å²) in [5, 5.41) is 0. The van der Waals surface area contributed by atoms with Gasteiger partial charge in [0.05, 0.1) is 13.3 Å². The molecule has 0 atom stereocenters. The maximum atomic E-state index is 12.7. The molecule has 1 fully saturated rings. The molecule has 1 saturated heterocycles. The van der Waals surface area contributed by atoms with Gasteiger partial charge in [0.1, 0.15) is 12.3 Å². The van der Waals surface area contributed by atoms with Crippen LogP contribution in [-0.2, 0) is 11.3 Å². The third kappa shape index (κ3) is 4.18. The van der Waals surface area contributed by atoms with Crippen molar-refractivity contribution >= 4 is 11.6 Å². The molecule has 29 heavy (non-hydrogen) atoms. The largest absolute Gasteiger partial charge is 0.497 e. The lowest BCUT2D eigenvalue weighted by Gasteiger charge is -2.36. The number of nitrogens with zero attached hydrogens (tertiary/aromatic N) is 3. The summed E-state index contributed by atoms with van der Waals surface area (Å²) in [6, 6.07) is 17.4.